The lowest BCUT2D eigenvalue weighted by Gasteiger charge is -2.07. The highest BCUT2D eigenvalue weighted by Crippen LogP contribution is 2.27. The maximum absolute atomic E-state index is 6.27. The monoisotopic (exact) mass is 255 g/mol. The number of hydrogen-bond acceptors (Lipinski definition) is 1. The first-order valence-corrected chi connectivity index (χ1v) is 6.64. The van der Waals surface area contributed by atoms with E-state index in [1.54, 1.807) is 0 Å². The predicted molar refractivity (Wildman–Crippen MR) is 78.3 cm³/mol. The Hall–Kier alpha value is -1.60. The predicted octanol–water partition coefficient (Wildman–Crippen LogP) is 4.99. The van der Waals surface area contributed by atoms with E-state index in [1.165, 1.54) is 16.2 Å². The van der Waals surface area contributed by atoms with Gasteiger partial charge in [0.05, 0.1) is 5.52 Å². The topological polar surface area (TPSA) is 12.9 Å². The molecular formula is C16H14ClN. The van der Waals surface area contributed by atoms with Crippen LogP contribution < -0.4 is 0 Å². The Balaban J connectivity index is 2.35. The van der Waals surface area contributed by atoms with Crippen molar-refractivity contribution in [1.82, 2.24) is 4.98 Å². The van der Waals surface area contributed by atoms with E-state index >= 15 is 0 Å². The summed E-state index contributed by atoms with van der Waals surface area (Å²) < 4.78 is 0. The van der Waals surface area contributed by atoms with Gasteiger partial charge in [0.25, 0.3) is 0 Å². The van der Waals surface area contributed by atoms with E-state index in [0.717, 1.165) is 23.9 Å². The van der Waals surface area contributed by atoms with Crippen LogP contribution in [0.2, 0.25) is 5.15 Å². The minimum Gasteiger partial charge on any atom is -0.235 e. The summed E-state index contributed by atoms with van der Waals surface area (Å²) in [5.41, 5.74) is 2.14. The highest BCUT2D eigenvalue weighted by molar-refractivity contribution is 6.31. The smallest absolute Gasteiger partial charge is 0.132 e. The molecule has 1 nitrogen and oxygen atoms in total. The van der Waals surface area contributed by atoms with E-state index in [1.807, 2.05) is 12.1 Å². The Kier molecular flexibility index (Phi) is 2.92. The summed E-state index contributed by atoms with van der Waals surface area (Å²) in [5, 5.41) is 4.18. The van der Waals surface area contributed by atoms with Crippen molar-refractivity contribution in [3.63, 3.8) is 0 Å². The van der Waals surface area contributed by atoms with Crippen LogP contribution in [0.1, 0.15) is 18.9 Å². The zero-order valence-electron chi connectivity index (χ0n) is 10.3. The minimum absolute atomic E-state index is 0.640. The second-order valence-corrected chi connectivity index (χ2v) is 4.90. The zero-order valence-corrected chi connectivity index (χ0v) is 11.0. The van der Waals surface area contributed by atoms with Crippen molar-refractivity contribution < 1.29 is 0 Å². The summed E-state index contributed by atoms with van der Waals surface area (Å²) in [5.74, 6) is 0. The molecule has 0 saturated carbocycles. The first kappa shape index (κ1) is 11.5. The third-order valence-corrected chi connectivity index (χ3v) is 3.58. The van der Waals surface area contributed by atoms with Crippen LogP contribution in [-0.2, 0) is 6.42 Å². The van der Waals surface area contributed by atoms with Crippen LogP contribution >= 0.6 is 11.6 Å². The number of benzene rings is 2. The van der Waals surface area contributed by atoms with E-state index in [-0.39, 0.29) is 0 Å². The number of aromatic nitrogens is 1. The molecule has 0 fully saturated rings. The molecule has 0 amide bonds. The number of rotatable bonds is 2. The van der Waals surface area contributed by atoms with Gasteiger partial charge in [0, 0.05) is 10.8 Å². The van der Waals surface area contributed by atoms with Crippen LogP contribution in [0.25, 0.3) is 21.7 Å². The fourth-order valence-corrected chi connectivity index (χ4v) is 2.61. The normalized spacial score (nSPS) is 11.2. The maximum Gasteiger partial charge on any atom is 0.132 e. The Morgan fingerprint density at radius 3 is 2.67 bits per heavy atom. The van der Waals surface area contributed by atoms with Crippen LogP contribution in [0, 0.1) is 0 Å². The lowest BCUT2D eigenvalue weighted by molar-refractivity contribution is 0.918. The van der Waals surface area contributed by atoms with Crippen LogP contribution in [0.5, 0.6) is 0 Å². The lowest BCUT2D eigenvalue weighted by Crippen LogP contribution is -1.90. The van der Waals surface area contributed by atoms with Gasteiger partial charge in [-0.2, -0.15) is 0 Å². The Morgan fingerprint density at radius 2 is 1.83 bits per heavy atom. The van der Waals surface area contributed by atoms with Crippen LogP contribution in [0.4, 0.5) is 0 Å². The summed E-state index contributed by atoms with van der Waals surface area (Å²) >= 11 is 6.27. The molecule has 3 aromatic rings. The zero-order chi connectivity index (χ0) is 12.5. The van der Waals surface area contributed by atoms with E-state index in [9.17, 15) is 0 Å². The highest BCUT2D eigenvalue weighted by Gasteiger charge is 2.06. The summed E-state index contributed by atoms with van der Waals surface area (Å²) in [6.45, 7) is 2.15. The van der Waals surface area contributed by atoms with E-state index in [0.29, 0.717) is 5.15 Å². The van der Waals surface area contributed by atoms with Gasteiger partial charge >= 0.3 is 0 Å². The standard InChI is InChI=1S/C16H14ClN/c1-2-5-13-10-12-9-8-11-6-3-4-7-14(11)15(12)18-16(13)17/h3-4,6-10H,2,5H2,1H3. The summed E-state index contributed by atoms with van der Waals surface area (Å²) in [7, 11) is 0. The molecule has 0 saturated heterocycles. The number of aryl methyl sites for hydroxylation is 1. The lowest BCUT2D eigenvalue weighted by atomic mass is 10.0. The van der Waals surface area contributed by atoms with Crippen molar-refractivity contribution in [1.29, 1.82) is 0 Å². The largest absolute Gasteiger partial charge is 0.235 e. The quantitative estimate of drug-likeness (QED) is 0.464. The second-order valence-electron chi connectivity index (χ2n) is 4.55. The molecule has 0 N–H and O–H groups in total. The maximum atomic E-state index is 6.27. The molecule has 0 spiro atoms. The van der Waals surface area contributed by atoms with Gasteiger partial charge in [0.1, 0.15) is 5.15 Å². The number of pyridine rings is 1. The van der Waals surface area contributed by atoms with Gasteiger partial charge in [0.2, 0.25) is 0 Å². The van der Waals surface area contributed by atoms with Crippen LogP contribution in [-0.4, -0.2) is 4.98 Å². The Labute approximate surface area is 111 Å². The molecule has 0 bridgehead atoms. The number of nitrogens with zero attached hydrogens (tertiary/aromatic N) is 1. The van der Waals surface area contributed by atoms with E-state index in [4.69, 9.17) is 11.6 Å². The van der Waals surface area contributed by atoms with Gasteiger partial charge in [0.15, 0.2) is 0 Å². The van der Waals surface area contributed by atoms with Crippen molar-refractivity contribution in [3.05, 3.63) is 53.2 Å². The molecule has 1 aromatic heterocycles. The average molecular weight is 256 g/mol. The van der Waals surface area contributed by atoms with Gasteiger partial charge in [-0.25, -0.2) is 4.98 Å². The fraction of sp³-hybridized carbons (Fsp3) is 0.188. The number of hydrogen-bond donors (Lipinski definition) is 0. The number of halogens is 1. The molecular weight excluding hydrogens is 242 g/mol. The first-order chi connectivity index (χ1) is 8.79. The van der Waals surface area contributed by atoms with Crippen LogP contribution in [0.15, 0.2) is 42.5 Å². The second kappa shape index (κ2) is 4.58. The molecule has 18 heavy (non-hydrogen) atoms. The molecule has 2 aromatic carbocycles. The van der Waals surface area contributed by atoms with Gasteiger partial charge in [-0.05, 0) is 23.4 Å². The van der Waals surface area contributed by atoms with Gasteiger partial charge < -0.3 is 0 Å². The number of fused-ring (bicyclic) bond motifs is 3. The van der Waals surface area contributed by atoms with Gasteiger partial charge in [-0.3, -0.25) is 0 Å². The third kappa shape index (κ3) is 1.85. The van der Waals surface area contributed by atoms with Crippen LogP contribution in [0.3, 0.4) is 0 Å². The molecule has 0 radical (unpaired) electrons. The average Bonchev–Trinajstić information content (AvgIpc) is 2.40. The van der Waals surface area contributed by atoms with Crippen molar-refractivity contribution in [2.24, 2.45) is 0 Å². The van der Waals surface area contributed by atoms with E-state index in [2.05, 4.69) is 42.2 Å². The molecule has 2 heteroatoms. The first-order valence-electron chi connectivity index (χ1n) is 6.26. The molecule has 0 aliphatic carbocycles. The van der Waals surface area contributed by atoms with Crippen molar-refractivity contribution in [3.8, 4) is 0 Å². The van der Waals surface area contributed by atoms with Gasteiger partial charge in [-0.1, -0.05) is 61.3 Å². The molecule has 0 atom stereocenters. The molecule has 0 aliphatic rings. The summed E-state index contributed by atoms with van der Waals surface area (Å²) in [6.07, 6.45) is 2.06. The minimum atomic E-state index is 0.640. The summed E-state index contributed by atoms with van der Waals surface area (Å²) in [4.78, 5) is 4.59. The van der Waals surface area contributed by atoms with E-state index < -0.39 is 0 Å². The molecule has 90 valence electrons. The van der Waals surface area contributed by atoms with Crippen molar-refractivity contribution in [2.75, 3.05) is 0 Å². The highest BCUT2D eigenvalue weighted by atomic mass is 35.5. The summed E-state index contributed by atoms with van der Waals surface area (Å²) in [6, 6.07) is 14.7. The fourth-order valence-electron chi connectivity index (χ4n) is 2.38. The van der Waals surface area contributed by atoms with Crippen molar-refractivity contribution in [2.45, 2.75) is 19.8 Å². The molecule has 3 rings (SSSR count). The molecule has 1 heterocycles. The molecule has 0 unspecified atom stereocenters. The Morgan fingerprint density at radius 1 is 1.06 bits per heavy atom. The molecule has 0 aliphatic heterocycles. The SMILES string of the molecule is CCCc1cc2ccc3ccccc3c2nc1Cl. The van der Waals surface area contributed by atoms with Gasteiger partial charge in [-0.15, -0.1) is 0 Å². The third-order valence-electron chi connectivity index (χ3n) is 3.26. The van der Waals surface area contributed by atoms with Crippen molar-refractivity contribution >= 4 is 33.3 Å². The Bertz CT molecular complexity index is 719.